The second-order valence-corrected chi connectivity index (χ2v) is 7.56. The summed E-state index contributed by atoms with van der Waals surface area (Å²) < 4.78 is 11.0. The highest BCUT2D eigenvalue weighted by molar-refractivity contribution is 7.98. The van der Waals surface area contributed by atoms with Gasteiger partial charge in [0.1, 0.15) is 6.23 Å². The zero-order chi connectivity index (χ0) is 20.4. The Kier molecular flexibility index (Phi) is 6.17. The van der Waals surface area contributed by atoms with E-state index >= 15 is 0 Å². The van der Waals surface area contributed by atoms with Gasteiger partial charge in [-0.25, -0.2) is 0 Å². The van der Waals surface area contributed by atoms with Crippen LogP contribution in [0.1, 0.15) is 30.5 Å². The molecular weight excluding hydrogens is 378 g/mol. The number of aromatic hydroxyl groups is 1. The zero-order valence-corrected chi connectivity index (χ0v) is 17.2. The number of thioether (sulfide) groups is 1. The first-order valence-corrected chi connectivity index (χ1v) is 10.3. The summed E-state index contributed by atoms with van der Waals surface area (Å²) in [5.41, 5.74) is 3.23. The number of fused-ring (bicyclic) bond motifs is 3. The number of hydrogen-bond acceptors (Lipinski definition) is 7. The molecule has 2 aromatic carbocycles. The van der Waals surface area contributed by atoms with E-state index in [4.69, 9.17) is 9.47 Å². The largest absolute Gasteiger partial charge is 0.504 e. The fourth-order valence-corrected chi connectivity index (χ4v) is 4.26. The number of ether oxygens (including phenoxy) is 2. The number of phenolic OH excluding ortho intramolecular Hbond substituents is 1. The summed E-state index contributed by atoms with van der Waals surface area (Å²) in [5.74, 6) is 0.699. The minimum Gasteiger partial charge on any atom is -0.504 e. The van der Waals surface area contributed by atoms with Crippen molar-refractivity contribution in [1.29, 1.82) is 0 Å². The molecule has 0 spiro atoms. The molecule has 2 aromatic rings. The van der Waals surface area contributed by atoms with Crippen molar-refractivity contribution in [3.05, 3.63) is 45.6 Å². The fraction of sp³-hybridized carbons (Fsp3) is 0.381. The molecule has 7 heteroatoms. The summed E-state index contributed by atoms with van der Waals surface area (Å²) in [5, 5.41) is 23.5. The average molecular weight is 404 g/mol. The van der Waals surface area contributed by atoms with Crippen LogP contribution in [0, 0.1) is 0 Å². The predicted molar refractivity (Wildman–Crippen MR) is 111 cm³/mol. The van der Waals surface area contributed by atoms with E-state index in [1.54, 1.807) is 25.1 Å². The van der Waals surface area contributed by atoms with Crippen LogP contribution >= 0.6 is 11.8 Å². The Morgan fingerprint density at radius 2 is 1.93 bits per heavy atom. The first-order valence-electron chi connectivity index (χ1n) is 9.04. The van der Waals surface area contributed by atoms with Gasteiger partial charge in [-0.1, -0.05) is 6.07 Å². The van der Waals surface area contributed by atoms with Gasteiger partial charge in [0.05, 0.1) is 19.1 Å². The lowest BCUT2D eigenvalue weighted by atomic mass is 9.95. The number of aryl methyl sites for hydroxylation is 1. The summed E-state index contributed by atoms with van der Waals surface area (Å²) >= 11 is 1.39. The standard InChI is InChI=1S/C21H25NO5S/c1-11(23)22-15-7-5-12-9-17(25)20(26-2)21(27-3)19(12)13-6-8-18(28-4)16(24)10-14(13)15/h6,8-11,15,22-23,25H,5,7H2,1-4H3. The van der Waals surface area contributed by atoms with Crippen molar-refractivity contribution < 1.29 is 19.7 Å². The molecular formula is C21H25NO5S. The number of phenols is 1. The van der Waals surface area contributed by atoms with Crippen molar-refractivity contribution in [3.63, 3.8) is 0 Å². The van der Waals surface area contributed by atoms with Crippen molar-refractivity contribution in [2.24, 2.45) is 0 Å². The maximum absolute atomic E-state index is 12.7. The van der Waals surface area contributed by atoms with E-state index in [1.165, 1.54) is 26.0 Å². The molecule has 6 nitrogen and oxygen atoms in total. The van der Waals surface area contributed by atoms with Gasteiger partial charge in [-0.15, -0.1) is 11.8 Å². The van der Waals surface area contributed by atoms with Gasteiger partial charge in [-0.2, -0.15) is 0 Å². The highest BCUT2D eigenvalue weighted by atomic mass is 32.2. The Balaban J connectivity index is 2.39. The summed E-state index contributed by atoms with van der Waals surface area (Å²) in [6, 6.07) is 6.80. The van der Waals surface area contributed by atoms with E-state index in [9.17, 15) is 15.0 Å². The Morgan fingerprint density at radius 3 is 2.54 bits per heavy atom. The number of aliphatic hydroxyl groups is 1. The molecule has 3 rings (SSSR count). The summed E-state index contributed by atoms with van der Waals surface area (Å²) in [6.45, 7) is 1.65. The summed E-state index contributed by atoms with van der Waals surface area (Å²) in [4.78, 5) is 13.3. The second-order valence-electron chi connectivity index (χ2n) is 6.71. The van der Waals surface area contributed by atoms with Crippen LogP contribution in [0.4, 0.5) is 0 Å². The third-order valence-electron chi connectivity index (χ3n) is 4.96. The minimum atomic E-state index is -0.732. The lowest BCUT2D eigenvalue weighted by Crippen LogP contribution is -2.30. The van der Waals surface area contributed by atoms with Crippen molar-refractivity contribution in [3.8, 4) is 28.4 Å². The Labute approximate surface area is 168 Å². The maximum Gasteiger partial charge on any atom is 0.203 e. The van der Waals surface area contributed by atoms with Crippen molar-refractivity contribution in [2.75, 3.05) is 20.5 Å². The number of rotatable bonds is 5. The minimum absolute atomic E-state index is 0.0104. The van der Waals surface area contributed by atoms with Crippen molar-refractivity contribution >= 4 is 11.8 Å². The lowest BCUT2D eigenvalue weighted by molar-refractivity contribution is 0.138. The van der Waals surface area contributed by atoms with Gasteiger partial charge in [0, 0.05) is 11.6 Å². The molecule has 0 heterocycles. The molecule has 1 aliphatic carbocycles. The van der Waals surface area contributed by atoms with Crippen LogP contribution in [0.25, 0.3) is 11.1 Å². The van der Waals surface area contributed by atoms with Gasteiger partial charge in [0.15, 0.2) is 16.9 Å². The molecule has 0 saturated carbocycles. The van der Waals surface area contributed by atoms with E-state index in [1.807, 2.05) is 12.3 Å². The maximum atomic E-state index is 12.7. The fourth-order valence-electron chi connectivity index (χ4n) is 3.79. The molecule has 2 atom stereocenters. The molecule has 150 valence electrons. The molecule has 3 N–H and O–H groups in total. The molecule has 0 aliphatic heterocycles. The molecule has 0 aromatic heterocycles. The van der Waals surface area contributed by atoms with E-state index in [2.05, 4.69) is 5.32 Å². The first kappa shape index (κ1) is 20.5. The van der Waals surface area contributed by atoms with Gasteiger partial charge in [0.25, 0.3) is 0 Å². The van der Waals surface area contributed by atoms with E-state index in [0.29, 0.717) is 23.5 Å². The monoisotopic (exact) mass is 403 g/mol. The normalized spacial score (nSPS) is 16.5. The van der Waals surface area contributed by atoms with E-state index in [-0.39, 0.29) is 23.0 Å². The van der Waals surface area contributed by atoms with Crippen molar-refractivity contribution in [1.82, 2.24) is 5.32 Å². The summed E-state index contributed by atoms with van der Waals surface area (Å²) in [7, 11) is 3.01. The highest BCUT2D eigenvalue weighted by Crippen LogP contribution is 2.49. The van der Waals surface area contributed by atoms with Gasteiger partial charge in [-0.05, 0) is 60.9 Å². The predicted octanol–water partition coefficient (Wildman–Crippen LogP) is 3.07. The Hall–Kier alpha value is -2.22. The van der Waals surface area contributed by atoms with Crippen molar-refractivity contribution in [2.45, 2.75) is 36.9 Å². The number of methoxy groups -OCH3 is 2. The topological polar surface area (TPSA) is 88.0 Å². The van der Waals surface area contributed by atoms with Crippen LogP contribution in [0.5, 0.6) is 17.2 Å². The van der Waals surface area contributed by atoms with Crippen LogP contribution in [0.15, 0.2) is 34.0 Å². The number of hydrogen-bond donors (Lipinski definition) is 3. The third kappa shape index (κ3) is 3.70. The van der Waals surface area contributed by atoms with Crippen LogP contribution in [-0.2, 0) is 6.42 Å². The third-order valence-corrected chi connectivity index (χ3v) is 5.73. The van der Waals surface area contributed by atoms with Gasteiger partial charge >= 0.3 is 0 Å². The number of nitrogens with one attached hydrogen (secondary N) is 1. The van der Waals surface area contributed by atoms with E-state index < -0.39 is 6.23 Å². The number of benzene rings is 1. The zero-order valence-electron chi connectivity index (χ0n) is 16.4. The van der Waals surface area contributed by atoms with Gasteiger partial charge < -0.3 is 19.7 Å². The molecule has 0 fully saturated rings. The lowest BCUT2D eigenvalue weighted by Gasteiger charge is -2.20. The smallest absolute Gasteiger partial charge is 0.203 e. The quantitative estimate of drug-likeness (QED) is 0.522. The average Bonchev–Trinajstić information content (AvgIpc) is 2.89. The molecule has 1 aliphatic rings. The van der Waals surface area contributed by atoms with Gasteiger partial charge in [-0.3, -0.25) is 10.1 Å². The Bertz CT molecular complexity index is 945. The molecule has 2 unspecified atom stereocenters. The van der Waals surface area contributed by atoms with Crippen LogP contribution in [-0.4, -0.2) is 36.9 Å². The molecule has 28 heavy (non-hydrogen) atoms. The highest BCUT2D eigenvalue weighted by Gasteiger charge is 2.28. The number of aliphatic hydroxyl groups excluding tert-OH is 1. The first-order chi connectivity index (χ1) is 13.4. The Morgan fingerprint density at radius 1 is 1.21 bits per heavy atom. The molecule has 0 radical (unpaired) electrons. The van der Waals surface area contributed by atoms with Crippen LogP contribution in [0.2, 0.25) is 0 Å². The van der Waals surface area contributed by atoms with E-state index in [0.717, 1.165) is 22.3 Å². The van der Waals surface area contributed by atoms with Crippen LogP contribution in [0.3, 0.4) is 0 Å². The molecule has 0 amide bonds. The van der Waals surface area contributed by atoms with Gasteiger partial charge in [0.2, 0.25) is 5.75 Å². The summed E-state index contributed by atoms with van der Waals surface area (Å²) in [6.07, 6.45) is 2.42. The molecule has 0 saturated heterocycles. The SMILES string of the molecule is COc1c(O)cc2c(c1OC)-c1ccc(SC)c(=O)cc1C(NC(C)O)CC2. The molecule has 0 bridgehead atoms. The van der Waals surface area contributed by atoms with Crippen LogP contribution < -0.4 is 20.2 Å². The second kappa shape index (κ2) is 8.43.